The summed E-state index contributed by atoms with van der Waals surface area (Å²) in [7, 11) is 0. The summed E-state index contributed by atoms with van der Waals surface area (Å²) in [5, 5.41) is 2.82. The lowest BCUT2D eigenvalue weighted by molar-refractivity contribution is -0.115. The van der Waals surface area contributed by atoms with Gasteiger partial charge in [0, 0.05) is 18.8 Å². The number of thioether (sulfide) groups is 1. The summed E-state index contributed by atoms with van der Waals surface area (Å²) in [6.07, 6.45) is 3.50. The van der Waals surface area contributed by atoms with E-state index in [1.54, 1.807) is 0 Å². The third-order valence-electron chi connectivity index (χ3n) is 4.03. The van der Waals surface area contributed by atoms with Crippen LogP contribution in [0.1, 0.15) is 38.3 Å². The zero-order valence-corrected chi connectivity index (χ0v) is 15.1. The van der Waals surface area contributed by atoms with Gasteiger partial charge in [0.15, 0.2) is 0 Å². The predicted octanol–water partition coefficient (Wildman–Crippen LogP) is 3.86. The Labute approximate surface area is 142 Å². The van der Waals surface area contributed by atoms with Gasteiger partial charge in [0.1, 0.15) is 4.32 Å². The minimum Gasteiger partial charge on any atom is -0.358 e. The number of anilines is 1. The Morgan fingerprint density at radius 3 is 2.68 bits per heavy atom. The quantitative estimate of drug-likeness (QED) is 0.828. The maximum Gasteiger partial charge on any atom is 0.237 e. The monoisotopic (exact) mass is 336 g/mol. The van der Waals surface area contributed by atoms with E-state index >= 15 is 0 Å². The SMILES string of the molecule is CCN(CC)C(=S)S[C@@H](C)C(=O)Nc1ccc2c(c1)CCC2. The van der Waals surface area contributed by atoms with Crippen LogP contribution in [-0.2, 0) is 17.6 Å². The molecule has 0 bridgehead atoms. The zero-order valence-electron chi connectivity index (χ0n) is 13.5. The van der Waals surface area contributed by atoms with Gasteiger partial charge in [0.25, 0.3) is 0 Å². The number of aryl methyl sites for hydroxylation is 2. The van der Waals surface area contributed by atoms with Crippen LogP contribution in [-0.4, -0.2) is 33.5 Å². The largest absolute Gasteiger partial charge is 0.358 e. The van der Waals surface area contributed by atoms with E-state index in [4.69, 9.17) is 12.2 Å². The van der Waals surface area contributed by atoms with Crippen molar-refractivity contribution < 1.29 is 4.79 Å². The molecule has 0 aromatic heterocycles. The maximum atomic E-state index is 12.3. The Kier molecular flexibility index (Phi) is 6.26. The van der Waals surface area contributed by atoms with Gasteiger partial charge in [-0.2, -0.15) is 0 Å². The van der Waals surface area contributed by atoms with Crippen LogP contribution in [0.5, 0.6) is 0 Å². The van der Waals surface area contributed by atoms with Gasteiger partial charge in [-0.3, -0.25) is 4.79 Å². The van der Waals surface area contributed by atoms with E-state index in [1.807, 2.05) is 13.0 Å². The molecular weight excluding hydrogens is 312 g/mol. The lowest BCUT2D eigenvalue weighted by Crippen LogP contribution is -2.31. The molecule has 1 aliphatic carbocycles. The maximum absolute atomic E-state index is 12.3. The fraction of sp³-hybridized carbons (Fsp3) is 0.529. The number of nitrogens with zero attached hydrogens (tertiary/aromatic N) is 1. The number of thiocarbonyl (C=S) groups is 1. The third kappa shape index (κ3) is 4.23. The van der Waals surface area contributed by atoms with Crippen LogP contribution in [0.3, 0.4) is 0 Å². The molecule has 1 N–H and O–H groups in total. The molecule has 1 aliphatic rings. The molecule has 1 atom stereocenters. The molecule has 0 radical (unpaired) electrons. The average Bonchev–Trinajstić information content (AvgIpc) is 2.95. The summed E-state index contributed by atoms with van der Waals surface area (Å²) < 4.78 is 0.793. The molecule has 0 saturated heterocycles. The van der Waals surface area contributed by atoms with Gasteiger partial charge < -0.3 is 10.2 Å². The summed E-state index contributed by atoms with van der Waals surface area (Å²) in [5.41, 5.74) is 3.69. The Morgan fingerprint density at radius 1 is 1.32 bits per heavy atom. The van der Waals surface area contributed by atoms with Crippen LogP contribution in [0.2, 0.25) is 0 Å². The highest BCUT2D eigenvalue weighted by atomic mass is 32.2. The van der Waals surface area contributed by atoms with Crippen molar-refractivity contribution >= 4 is 39.9 Å². The molecule has 5 heteroatoms. The lowest BCUT2D eigenvalue weighted by Gasteiger charge is -2.23. The van der Waals surface area contributed by atoms with Crippen LogP contribution in [0, 0.1) is 0 Å². The number of amides is 1. The second-order valence-electron chi connectivity index (χ2n) is 5.52. The minimum absolute atomic E-state index is 0.0115. The topological polar surface area (TPSA) is 32.3 Å². The van der Waals surface area contributed by atoms with Crippen molar-refractivity contribution in [3.63, 3.8) is 0 Å². The second kappa shape index (κ2) is 7.97. The van der Waals surface area contributed by atoms with E-state index in [9.17, 15) is 4.79 Å². The molecule has 120 valence electrons. The minimum atomic E-state index is -0.193. The number of carbonyl (C=O) groups is 1. The highest BCUT2D eigenvalue weighted by molar-refractivity contribution is 8.23. The van der Waals surface area contributed by atoms with E-state index in [2.05, 4.69) is 36.2 Å². The van der Waals surface area contributed by atoms with E-state index in [-0.39, 0.29) is 11.2 Å². The molecular formula is C17H24N2OS2. The molecule has 22 heavy (non-hydrogen) atoms. The molecule has 0 unspecified atom stereocenters. The predicted molar refractivity (Wildman–Crippen MR) is 99.7 cm³/mol. The molecule has 0 saturated carbocycles. The van der Waals surface area contributed by atoms with Gasteiger partial charge in [-0.05, 0) is 63.3 Å². The van der Waals surface area contributed by atoms with Crippen molar-refractivity contribution in [3.8, 4) is 0 Å². The van der Waals surface area contributed by atoms with Crippen molar-refractivity contribution in [2.75, 3.05) is 18.4 Å². The first-order valence-corrected chi connectivity index (χ1v) is 9.22. The molecule has 3 nitrogen and oxygen atoms in total. The number of nitrogens with one attached hydrogen (secondary N) is 1. The van der Waals surface area contributed by atoms with E-state index in [0.717, 1.165) is 35.9 Å². The lowest BCUT2D eigenvalue weighted by atomic mass is 10.1. The summed E-state index contributed by atoms with van der Waals surface area (Å²) >= 11 is 6.86. The molecule has 2 rings (SSSR count). The molecule has 0 aliphatic heterocycles. The Bertz CT molecular complexity index is 556. The van der Waals surface area contributed by atoms with Crippen LogP contribution in [0.15, 0.2) is 18.2 Å². The van der Waals surface area contributed by atoms with E-state index in [1.165, 1.54) is 29.3 Å². The first-order chi connectivity index (χ1) is 10.5. The first kappa shape index (κ1) is 17.3. The molecule has 0 spiro atoms. The van der Waals surface area contributed by atoms with Crippen molar-refractivity contribution in [2.45, 2.75) is 45.3 Å². The summed E-state index contributed by atoms with van der Waals surface area (Å²) in [6, 6.07) is 6.25. The van der Waals surface area contributed by atoms with Crippen molar-refractivity contribution in [1.29, 1.82) is 0 Å². The Hall–Kier alpha value is -1.07. The second-order valence-corrected chi connectivity index (χ2v) is 7.50. The highest BCUT2D eigenvalue weighted by Gasteiger charge is 2.19. The number of hydrogen-bond acceptors (Lipinski definition) is 3. The van der Waals surface area contributed by atoms with Crippen molar-refractivity contribution in [3.05, 3.63) is 29.3 Å². The fourth-order valence-corrected chi connectivity index (χ4v) is 4.22. The standard InChI is InChI=1S/C17H24N2OS2/c1-4-19(5-2)17(21)22-12(3)16(20)18-15-10-9-13-7-6-8-14(13)11-15/h9-12H,4-8H2,1-3H3,(H,18,20)/t12-/m0/s1. The van der Waals surface area contributed by atoms with Crippen LogP contribution in [0.4, 0.5) is 5.69 Å². The van der Waals surface area contributed by atoms with Gasteiger partial charge in [-0.15, -0.1) is 0 Å². The molecule has 0 heterocycles. The van der Waals surface area contributed by atoms with Crippen LogP contribution < -0.4 is 5.32 Å². The summed E-state index contributed by atoms with van der Waals surface area (Å²) in [5.74, 6) is 0.0115. The van der Waals surface area contributed by atoms with E-state index < -0.39 is 0 Å². The number of rotatable bonds is 5. The third-order valence-corrected chi connectivity index (χ3v) is 5.61. The molecule has 1 aromatic carbocycles. The van der Waals surface area contributed by atoms with Gasteiger partial charge in [-0.1, -0.05) is 30.0 Å². The van der Waals surface area contributed by atoms with E-state index in [0.29, 0.717) is 0 Å². The normalized spacial score (nSPS) is 14.3. The number of hydrogen-bond donors (Lipinski definition) is 1. The zero-order chi connectivity index (χ0) is 16.1. The van der Waals surface area contributed by atoms with Crippen LogP contribution >= 0.6 is 24.0 Å². The number of benzene rings is 1. The molecule has 1 amide bonds. The fourth-order valence-electron chi connectivity index (χ4n) is 2.65. The highest BCUT2D eigenvalue weighted by Crippen LogP contribution is 2.25. The summed E-state index contributed by atoms with van der Waals surface area (Å²) in [4.78, 5) is 14.4. The van der Waals surface area contributed by atoms with Crippen molar-refractivity contribution in [2.24, 2.45) is 0 Å². The molecule has 1 aromatic rings. The first-order valence-electron chi connectivity index (χ1n) is 7.93. The summed E-state index contributed by atoms with van der Waals surface area (Å²) in [6.45, 7) is 7.81. The van der Waals surface area contributed by atoms with Crippen molar-refractivity contribution in [1.82, 2.24) is 4.90 Å². The smallest absolute Gasteiger partial charge is 0.237 e. The van der Waals surface area contributed by atoms with Gasteiger partial charge in [0.05, 0.1) is 5.25 Å². The average molecular weight is 337 g/mol. The number of fused-ring (bicyclic) bond motifs is 1. The molecule has 0 fully saturated rings. The Morgan fingerprint density at radius 2 is 2.00 bits per heavy atom. The van der Waals surface area contributed by atoms with Crippen LogP contribution in [0.25, 0.3) is 0 Å². The number of carbonyl (C=O) groups excluding carboxylic acids is 1. The van der Waals surface area contributed by atoms with Gasteiger partial charge in [-0.25, -0.2) is 0 Å². The van der Waals surface area contributed by atoms with Gasteiger partial charge in [0.2, 0.25) is 5.91 Å². The Balaban J connectivity index is 1.92. The van der Waals surface area contributed by atoms with Gasteiger partial charge >= 0.3 is 0 Å².